The molecule has 1 aromatic heterocycles. The van der Waals surface area contributed by atoms with Crippen LogP contribution in [0, 0.1) is 5.92 Å². The molecule has 30 heavy (non-hydrogen) atoms. The number of hydrogen-bond donors (Lipinski definition) is 4. The molecule has 0 fully saturated rings. The zero-order valence-electron chi connectivity index (χ0n) is 17.0. The number of benzene rings is 1. The second kappa shape index (κ2) is 8.36. The molecule has 0 saturated carbocycles. The maximum absolute atomic E-state index is 10.2. The number of aliphatic hydroxyl groups excluding tert-OH is 1. The molecular weight excluding hydrogens is 372 g/mol. The van der Waals surface area contributed by atoms with E-state index in [0.29, 0.717) is 12.0 Å². The van der Waals surface area contributed by atoms with Crippen molar-refractivity contribution in [3.05, 3.63) is 83.9 Å². The Morgan fingerprint density at radius 2 is 1.90 bits per heavy atom. The van der Waals surface area contributed by atoms with Crippen molar-refractivity contribution in [3.8, 4) is 0 Å². The standard InChI is InChI=1S/C25H28N4O/c30-24-7-3-5-21-23(13-15-27-25(21)24)29-19-10-8-18(9-11-19)26-14-12-17-16-28-22-6-2-1-4-20(17)22/h1-2,4,6,8-11,13,15-16,20,22,24,26,28,30H,3,5,7,12,14H2,(H,27,29). The summed E-state index contributed by atoms with van der Waals surface area (Å²) in [7, 11) is 0. The molecule has 1 aromatic carbocycles. The van der Waals surface area contributed by atoms with Crippen LogP contribution in [0.5, 0.6) is 0 Å². The van der Waals surface area contributed by atoms with E-state index in [1.165, 1.54) is 5.57 Å². The fraction of sp³-hybridized carbons (Fsp3) is 0.320. The molecule has 3 atom stereocenters. The minimum absolute atomic E-state index is 0.426. The molecule has 4 N–H and O–H groups in total. The van der Waals surface area contributed by atoms with Crippen molar-refractivity contribution in [2.24, 2.45) is 5.92 Å². The Labute approximate surface area is 177 Å². The van der Waals surface area contributed by atoms with Gasteiger partial charge in [-0.1, -0.05) is 24.3 Å². The van der Waals surface area contributed by atoms with Crippen LogP contribution in [-0.4, -0.2) is 22.7 Å². The van der Waals surface area contributed by atoms with Gasteiger partial charge in [0.2, 0.25) is 0 Å². The number of allylic oxidation sites excluding steroid dienone is 2. The van der Waals surface area contributed by atoms with Crippen LogP contribution in [0.4, 0.5) is 17.1 Å². The number of aliphatic hydroxyl groups is 1. The van der Waals surface area contributed by atoms with Crippen molar-refractivity contribution >= 4 is 17.1 Å². The predicted molar refractivity (Wildman–Crippen MR) is 122 cm³/mol. The third-order valence-electron chi connectivity index (χ3n) is 6.24. The van der Waals surface area contributed by atoms with Crippen LogP contribution in [-0.2, 0) is 6.42 Å². The van der Waals surface area contributed by atoms with Crippen LogP contribution in [0.2, 0.25) is 0 Å². The highest BCUT2D eigenvalue weighted by molar-refractivity contribution is 5.66. The Bertz CT molecular complexity index is 993. The van der Waals surface area contributed by atoms with Gasteiger partial charge in [0.25, 0.3) is 0 Å². The summed E-state index contributed by atoms with van der Waals surface area (Å²) in [5.41, 5.74) is 6.63. The van der Waals surface area contributed by atoms with E-state index in [-0.39, 0.29) is 0 Å². The van der Waals surface area contributed by atoms with Gasteiger partial charge in [-0.2, -0.15) is 0 Å². The van der Waals surface area contributed by atoms with Gasteiger partial charge >= 0.3 is 0 Å². The van der Waals surface area contributed by atoms with E-state index >= 15 is 0 Å². The first kappa shape index (κ1) is 18.9. The number of aromatic nitrogens is 1. The number of nitrogens with zero attached hydrogens (tertiary/aromatic N) is 1. The highest BCUT2D eigenvalue weighted by Crippen LogP contribution is 2.34. The summed E-state index contributed by atoms with van der Waals surface area (Å²) in [5.74, 6) is 0.494. The molecule has 3 aliphatic rings. The van der Waals surface area contributed by atoms with E-state index in [0.717, 1.165) is 60.5 Å². The van der Waals surface area contributed by atoms with Gasteiger partial charge in [-0.05, 0) is 73.4 Å². The normalized spacial score (nSPS) is 23.9. The number of fused-ring (bicyclic) bond motifs is 2. The van der Waals surface area contributed by atoms with Crippen LogP contribution >= 0.6 is 0 Å². The van der Waals surface area contributed by atoms with Gasteiger partial charge in [-0.3, -0.25) is 4.98 Å². The van der Waals surface area contributed by atoms with Crippen molar-refractivity contribution in [2.45, 2.75) is 37.8 Å². The van der Waals surface area contributed by atoms with Gasteiger partial charge < -0.3 is 21.1 Å². The lowest BCUT2D eigenvalue weighted by Gasteiger charge is -2.23. The van der Waals surface area contributed by atoms with E-state index in [2.05, 4.69) is 75.7 Å². The molecule has 0 bridgehead atoms. The van der Waals surface area contributed by atoms with Crippen molar-refractivity contribution in [3.63, 3.8) is 0 Å². The third kappa shape index (κ3) is 3.85. The largest absolute Gasteiger partial charge is 0.387 e. The average Bonchev–Trinajstić information content (AvgIpc) is 3.19. The van der Waals surface area contributed by atoms with Crippen LogP contribution in [0.1, 0.15) is 36.6 Å². The van der Waals surface area contributed by atoms with E-state index in [1.54, 1.807) is 6.20 Å². The Balaban J connectivity index is 1.17. The Hall–Kier alpha value is -3.05. The smallest absolute Gasteiger partial charge is 0.0963 e. The fourth-order valence-corrected chi connectivity index (χ4v) is 4.62. The summed E-state index contributed by atoms with van der Waals surface area (Å²) in [6, 6.07) is 10.8. The molecule has 3 unspecified atom stereocenters. The molecule has 0 amide bonds. The monoisotopic (exact) mass is 400 g/mol. The van der Waals surface area contributed by atoms with E-state index < -0.39 is 6.10 Å². The number of hydrogen-bond acceptors (Lipinski definition) is 5. The van der Waals surface area contributed by atoms with Gasteiger partial charge in [-0.15, -0.1) is 0 Å². The van der Waals surface area contributed by atoms with Crippen molar-refractivity contribution < 1.29 is 5.11 Å². The van der Waals surface area contributed by atoms with Gasteiger partial charge in [0, 0.05) is 35.7 Å². The summed E-state index contributed by atoms with van der Waals surface area (Å²) in [5, 5.41) is 20.7. The van der Waals surface area contributed by atoms with Crippen LogP contribution in [0.3, 0.4) is 0 Å². The highest BCUT2D eigenvalue weighted by Gasteiger charge is 2.26. The molecule has 5 rings (SSSR count). The molecule has 2 heterocycles. The minimum atomic E-state index is -0.442. The Kier molecular flexibility index (Phi) is 5.28. The molecule has 0 radical (unpaired) electrons. The maximum Gasteiger partial charge on any atom is 0.0963 e. The molecule has 2 aliphatic carbocycles. The van der Waals surface area contributed by atoms with Gasteiger partial charge in [0.15, 0.2) is 0 Å². The number of nitrogens with one attached hydrogen (secondary N) is 3. The number of pyridine rings is 1. The lowest BCUT2D eigenvalue weighted by Crippen LogP contribution is -2.25. The molecule has 154 valence electrons. The molecular formula is C25H28N4O. The summed E-state index contributed by atoms with van der Waals surface area (Å²) >= 11 is 0. The lowest BCUT2D eigenvalue weighted by atomic mass is 9.90. The lowest BCUT2D eigenvalue weighted by molar-refractivity contribution is 0.151. The van der Waals surface area contributed by atoms with Crippen LogP contribution < -0.4 is 16.0 Å². The fourth-order valence-electron chi connectivity index (χ4n) is 4.62. The van der Waals surface area contributed by atoms with Gasteiger partial charge in [0.05, 0.1) is 17.8 Å². The first-order valence-electron chi connectivity index (χ1n) is 10.8. The first-order valence-corrected chi connectivity index (χ1v) is 10.8. The molecule has 0 saturated heterocycles. The van der Waals surface area contributed by atoms with Gasteiger partial charge in [0.1, 0.15) is 0 Å². The maximum atomic E-state index is 10.2. The second-order valence-electron chi connectivity index (χ2n) is 8.22. The third-order valence-corrected chi connectivity index (χ3v) is 6.24. The summed E-state index contributed by atoms with van der Waals surface area (Å²) < 4.78 is 0. The zero-order valence-corrected chi connectivity index (χ0v) is 17.0. The summed E-state index contributed by atoms with van der Waals surface area (Å²) in [6.07, 6.45) is 16.1. The summed E-state index contributed by atoms with van der Waals surface area (Å²) in [6.45, 7) is 0.914. The van der Waals surface area contributed by atoms with E-state index in [4.69, 9.17) is 0 Å². The molecule has 5 heteroatoms. The van der Waals surface area contributed by atoms with Crippen molar-refractivity contribution in [2.75, 3.05) is 17.2 Å². The predicted octanol–water partition coefficient (Wildman–Crippen LogP) is 4.59. The Morgan fingerprint density at radius 1 is 1.07 bits per heavy atom. The average molecular weight is 401 g/mol. The minimum Gasteiger partial charge on any atom is -0.387 e. The number of rotatable bonds is 6. The quantitative estimate of drug-likeness (QED) is 0.571. The van der Waals surface area contributed by atoms with E-state index in [1.807, 2.05) is 6.07 Å². The highest BCUT2D eigenvalue weighted by atomic mass is 16.3. The topological polar surface area (TPSA) is 69.2 Å². The molecule has 1 aliphatic heterocycles. The summed E-state index contributed by atoms with van der Waals surface area (Å²) in [4.78, 5) is 4.39. The number of anilines is 3. The molecule has 2 aromatic rings. The second-order valence-corrected chi connectivity index (χ2v) is 8.22. The zero-order chi connectivity index (χ0) is 20.3. The van der Waals surface area contributed by atoms with Crippen molar-refractivity contribution in [1.29, 1.82) is 0 Å². The molecule has 5 nitrogen and oxygen atoms in total. The Morgan fingerprint density at radius 3 is 2.80 bits per heavy atom. The molecule has 0 spiro atoms. The van der Waals surface area contributed by atoms with Crippen molar-refractivity contribution in [1.82, 2.24) is 10.3 Å². The van der Waals surface area contributed by atoms with Crippen LogP contribution in [0.25, 0.3) is 0 Å². The van der Waals surface area contributed by atoms with Gasteiger partial charge in [-0.25, -0.2) is 0 Å². The van der Waals surface area contributed by atoms with Crippen LogP contribution in [0.15, 0.2) is 72.6 Å². The SMILES string of the molecule is OC1CCCc2c(Nc3ccc(NCCC4=CNC5C=CC=CC45)cc3)ccnc21. The first-order chi connectivity index (χ1) is 14.8. The van der Waals surface area contributed by atoms with E-state index in [9.17, 15) is 5.11 Å².